The highest BCUT2D eigenvalue weighted by Crippen LogP contribution is 2.61. The van der Waals surface area contributed by atoms with Gasteiger partial charge in [-0.25, -0.2) is 0 Å². The zero-order valence-corrected chi connectivity index (χ0v) is 20.6. The number of methoxy groups -OCH3 is 1. The Morgan fingerprint density at radius 1 is 1.12 bits per heavy atom. The highest BCUT2D eigenvalue weighted by Gasteiger charge is 2.67. The molecule has 5 nitrogen and oxygen atoms in total. The molecule has 2 aliphatic carbocycles. The van der Waals surface area contributed by atoms with Gasteiger partial charge in [0.05, 0.1) is 17.1 Å². The number of hydrogen-bond donors (Lipinski definition) is 1. The number of likely N-dealkylation sites (tertiary alicyclic amines) is 1. The van der Waals surface area contributed by atoms with Gasteiger partial charge in [-0.3, -0.25) is 4.79 Å². The summed E-state index contributed by atoms with van der Waals surface area (Å²) >= 11 is 0. The summed E-state index contributed by atoms with van der Waals surface area (Å²) in [6, 6.07) is 10.8. The third-order valence-electron chi connectivity index (χ3n) is 9.98. The summed E-state index contributed by atoms with van der Waals surface area (Å²) in [4.78, 5) is 15.5. The Hall–Kier alpha value is -1.43. The first-order chi connectivity index (χ1) is 15.8. The van der Waals surface area contributed by atoms with Crippen LogP contribution in [-0.4, -0.2) is 60.0 Å². The van der Waals surface area contributed by atoms with Crippen molar-refractivity contribution in [1.29, 1.82) is 0 Å². The maximum Gasteiger partial charge on any atom is 0.310 e. The average Bonchev–Trinajstić information content (AvgIpc) is 3.08. The summed E-state index contributed by atoms with van der Waals surface area (Å²) in [6.45, 7) is 7.08. The first-order valence-electron chi connectivity index (χ1n) is 13.0. The van der Waals surface area contributed by atoms with Crippen LogP contribution in [-0.2, 0) is 20.7 Å². The molecule has 1 aromatic carbocycles. The molecule has 2 saturated heterocycles. The van der Waals surface area contributed by atoms with Gasteiger partial charge < -0.3 is 19.5 Å². The molecule has 2 heterocycles. The standard InChI is InChI=1S/C28H41NO4/c1-26-12-7-13-27(2,32-3)28(26,31)17-22-23(25(30)33-24(22)18-26)19-29-14-10-21(11-15-29)16-20-8-5-4-6-9-20/h4-6,8-9,21-24,31H,7,10-19H2,1-3H3/t22-,23-,24-,26-,27-,28+/m1/s1. The number of carbonyl (C=O) groups excluding carboxylic acids is 1. The second-order valence-electron chi connectivity index (χ2n) is 11.8. The van der Waals surface area contributed by atoms with Crippen LogP contribution in [0.3, 0.4) is 0 Å². The average molecular weight is 456 g/mol. The minimum atomic E-state index is -0.928. The van der Waals surface area contributed by atoms with Gasteiger partial charge in [-0.05, 0) is 82.9 Å². The predicted octanol–water partition coefficient (Wildman–Crippen LogP) is 4.22. The quantitative estimate of drug-likeness (QED) is 0.674. The van der Waals surface area contributed by atoms with Gasteiger partial charge in [0, 0.05) is 25.0 Å². The summed E-state index contributed by atoms with van der Waals surface area (Å²) in [5.41, 5.74) is -0.354. The molecule has 0 bridgehead atoms. The van der Waals surface area contributed by atoms with Crippen molar-refractivity contribution in [2.45, 2.75) is 82.5 Å². The van der Waals surface area contributed by atoms with E-state index in [1.165, 1.54) is 18.4 Å². The molecule has 2 saturated carbocycles. The van der Waals surface area contributed by atoms with Gasteiger partial charge in [-0.15, -0.1) is 0 Å². The smallest absolute Gasteiger partial charge is 0.310 e. The fourth-order valence-corrected chi connectivity index (χ4v) is 7.69. The lowest BCUT2D eigenvalue weighted by atomic mass is 9.49. The van der Waals surface area contributed by atoms with Crippen LogP contribution in [0.1, 0.15) is 64.4 Å². The molecule has 0 aromatic heterocycles. The summed E-state index contributed by atoms with van der Waals surface area (Å²) < 4.78 is 11.9. The number of carbonyl (C=O) groups is 1. The number of hydrogen-bond acceptors (Lipinski definition) is 5. The third kappa shape index (κ3) is 3.94. The van der Waals surface area contributed by atoms with Crippen LogP contribution < -0.4 is 0 Å². The zero-order valence-electron chi connectivity index (χ0n) is 20.6. The van der Waals surface area contributed by atoms with Crippen LogP contribution in [0, 0.1) is 23.2 Å². The largest absolute Gasteiger partial charge is 0.462 e. The Kier molecular flexibility index (Phi) is 6.12. The first-order valence-corrected chi connectivity index (χ1v) is 13.0. The Bertz CT molecular complexity index is 853. The number of esters is 1. The molecular weight excluding hydrogens is 414 g/mol. The van der Waals surface area contributed by atoms with E-state index in [-0.39, 0.29) is 29.3 Å². The van der Waals surface area contributed by atoms with Crippen molar-refractivity contribution in [3.63, 3.8) is 0 Å². The number of benzene rings is 1. The van der Waals surface area contributed by atoms with Crippen molar-refractivity contribution in [3.05, 3.63) is 35.9 Å². The Morgan fingerprint density at radius 2 is 1.85 bits per heavy atom. The normalized spacial score (nSPS) is 41.9. The maximum absolute atomic E-state index is 13.0. The van der Waals surface area contributed by atoms with E-state index in [9.17, 15) is 9.90 Å². The van der Waals surface area contributed by atoms with Crippen LogP contribution in [0.15, 0.2) is 30.3 Å². The summed E-state index contributed by atoms with van der Waals surface area (Å²) in [5.74, 6) is 0.594. The second-order valence-corrected chi connectivity index (χ2v) is 11.8. The number of piperidine rings is 1. The van der Waals surface area contributed by atoms with Crippen molar-refractivity contribution in [1.82, 2.24) is 4.90 Å². The lowest BCUT2D eigenvalue weighted by molar-refractivity contribution is -0.270. The topological polar surface area (TPSA) is 59.0 Å². The molecule has 0 unspecified atom stereocenters. The maximum atomic E-state index is 13.0. The SMILES string of the molecule is CO[C@]1(C)CCC[C@]2(C)C[C@H]3OC(=O)[C@H](CN4CCC(Cc5ccccc5)CC4)[C@H]3C[C@]21O. The number of rotatable bonds is 5. The molecule has 1 aromatic rings. The number of ether oxygens (including phenoxy) is 2. The van der Waals surface area contributed by atoms with E-state index in [0.717, 1.165) is 51.7 Å². The fourth-order valence-electron chi connectivity index (χ4n) is 7.69. The van der Waals surface area contributed by atoms with Gasteiger partial charge in [0.1, 0.15) is 6.10 Å². The fraction of sp³-hybridized carbons (Fsp3) is 0.750. The van der Waals surface area contributed by atoms with Gasteiger partial charge >= 0.3 is 5.97 Å². The summed E-state index contributed by atoms with van der Waals surface area (Å²) in [5, 5.41) is 12.1. The molecule has 2 aliphatic heterocycles. The lowest BCUT2D eigenvalue weighted by Gasteiger charge is -2.62. The Balaban J connectivity index is 1.25. The second kappa shape index (κ2) is 8.66. The minimum Gasteiger partial charge on any atom is -0.462 e. The molecule has 5 rings (SSSR count). The van der Waals surface area contributed by atoms with Crippen LogP contribution in [0.5, 0.6) is 0 Å². The van der Waals surface area contributed by atoms with Crippen molar-refractivity contribution >= 4 is 5.97 Å². The van der Waals surface area contributed by atoms with Crippen LogP contribution >= 0.6 is 0 Å². The number of aliphatic hydroxyl groups is 1. The Labute approximate surface area is 198 Å². The molecule has 0 spiro atoms. The third-order valence-corrected chi connectivity index (χ3v) is 9.98. The molecule has 1 N–H and O–H groups in total. The molecule has 0 radical (unpaired) electrons. The van der Waals surface area contributed by atoms with E-state index in [2.05, 4.69) is 49.1 Å². The van der Waals surface area contributed by atoms with Crippen LogP contribution in [0.25, 0.3) is 0 Å². The Morgan fingerprint density at radius 3 is 2.55 bits per heavy atom. The van der Waals surface area contributed by atoms with Gasteiger partial charge in [0.2, 0.25) is 0 Å². The first kappa shape index (κ1) is 23.3. The summed E-state index contributed by atoms with van der Waals surface area (Å²) in [7, 11) is 1.73. The molecule has 33 heavy (non-hydrogen) atoms. The van der Waals surface area contributed by atoms with E-state index in [0.29, 0.717) is 12.3 Å². The van der Waals surface area contributed by atoms with Crippen LogP contribution in [0.4, 0.5) is 0 Å². The zero-order chi connectivity index (χ0) is 23.3. The molecule has 6 atom stereocenters. The molecule has 5 heteroatoms. The van der Waals surface area contributed by atoms with Gasteiger partial charge in [0.25, 0.3) is 0 Å². The number of fused-ring (bicyclic) bond motifs is 2. The van der Waals surface area contributed by atoms with E-state index in [1.54, 1.807) is 7.11 Å². The molecule has 0 amide bonds. The van der Waals surface area contributed by atoms with E-state index in [1.807, 2.05) is 0 Å². The highest BCUT2D eigenvalue weighted by molar-refractivity contribution is 5.75. The van der Waals surface area contributed by atoms with Crippen molar-refractivity contribution in [2.24, 2.45) is 23.2 Å². The molecule has 4 fully saturated rings. The number of nitrogens with zero attached hydrogens (tertiary/aromatic N) is 1. The minimum absolute atomic E-state index is 0.0543. The predicted molar refractivity (Wildman–Crippen MR) is 128 cm³/mol. The van der Waals surface area contributed by atoms with Crippen molar-refractivity contribution < 1.29 is 19.4 Å². The molecule has 4 aliphatic rings. The summed E-state index contributed by atoms with van der Waals surface area (Å²) in [6.07, 6.45) is 7.63. The van der Waals surface area contributed by atoms with Gasteiger partial charge in [0.15, 0.2) is 0 Å². The van der Waals surface area contributed by atoms with Gasteiger partial charge in [-0.1, -0.05) is 37.3 Å². The van der Waals surface area contributed by atoms with Crippen molar-refractivity contribution in [2.75, 3.05) is 26.7 Å². The molecular formula is C28H41NO4. The lowest BCUT2D eigenvalue weighted by Crippen LogP contribution is -2.69. The van der Waals surface area contributed by atoms with Gasteiger partial charge in [-0.2, -0.15) is 0 Å². The van der Waals surface area contributed by atoms with Crippen LogP contribution in [0.2, 0.25) is 0 Å². The molecule has 182 valence electrons. The monoisotopic (exact) mass is 455 g/mol. The van der Waals surface area contributed by atoms with E-state index < -0.39 is 11.2 Å². The van der Waals surface area contributed by atoms with E-state index in [4.69, 9.17) is 9.47 Å². The highest BCUT2D eigenvalue weighted by atomic mass is 16.6. The van der Waals surface area contributed by atoms with Crippen molar-refractivity contribution in [3.8, 4) is 0 Å². The van der Waals surface area contributed by atoms with E-state index >= 15 is 0 Å².